The zero-order chi connectivity index (χ0) is 20.6. The van der Waals surface area contributed by atoms with Crippen LogP contribution in [0.25, 0.3) is 0 Å². The molecule has 3 aromatic carbocycles. The third-order valence-corrected chi connectivity index (χ3v) is 4.11. The number of anilines is 1. The summed E-state index contributed by atoms with van der Waals surface area (Å²) >= 11 is 0. The van der Waals surface area contributed by atoms with Gasteiger partial charge in [-0.15, -0.1) is 0 Å². The molecule has 6 heteroatoms. The van der Waals surface area contributed by atoms with E-state index in [4.69, 9.17) is 9.47 Å². The summed E-state index contributed by atoms with van der Waals surface area (Å²) < 4.78 is 11.1. The first kappa shape index (κ1) is 19.9. The van der Waals surface area contributed by atoms with Crippen molar-refractivity contribution in [1.82, 2.24) is 0 Å². The maximum absolute atomic E-state index is 13.0. The lowest BCUT2D eigenvalue weighted by Gasteiger charge is -2.19. The molecule has 6 nitrogen and oxygen atoms in total. The Labute approximate surface area is 168 Å². The number of phenols is 1. The number of ether oxygens (including phenoxy) is 2. The molecule has 0 bridgehead atoms. The zero-order valence-electron chi connectivity index (χ0n) is 15.9. The summed E-state index contributed by atoms with van der Waals surface area (Å²) in [6.07, 6.45) is -1.16. The lowest BCUT2D eigenvalue weighted by molar-refractivity contribution is -0.125. The van der Waals surface area contributed by atoms with Crippen LogP contribution in [0.5, 0.6) is 11.5 Å². The molecule has 0 aliphatic carbocycles. The molecular formula is C23H21NO5. The Hall–Kier alpha value is -3.80. The fourth-order valence-corrected chi connectivity index (χ4v) is 2.72. The number of rotatable bonds is 7. The summed E-state index contributed by atoms with van der Waals surface area (Å²) in [5.41, 5.74) is 1.25. The van der Waals surface area contributed by atoms with E-state index in [2.05, 4.69) is 5.32 Å². The first-order valence-electron chi connectivity index (χ1n) is 9.16. The van der Waals surface area contributed by atoms with Crippen LogP contribution < -0.4 is 10.1 Å². The monoisotopic (exact) mass is 391 g/mol. The molecule has 0 aromatic heterocycles. The zero-order valence-corrected chi connectivity index (χ0v) is 15.9. The van der Waals surface area contributed by atoms with E-state index < -0.39 is 18.0 Å². The minimum Gasteiger partial charge on any atom is -0.508 e. The minimum absolute atomic E-state index is 0.0337. The van der Waals surface area contributed by atoms with Crippen molar-refractivity contribution in [2.24, 2.45) is 0 Å². The number of phenolic OH excluding ortho intramolecular Hbond substituents is 1. The van der Waals surface area contributed by atoms with E-state index >= 15 is 0 Å². The molecule has 1 amide bonds. The number of hydrogen-bond acceptors (Lipinski definition) is 5. The average molecular weight is 391 g/mol. The molecule has 0 fully saturated rings. The fraction of sp³-hybridized carbons (Fsp3) is 0.130. The molecule has 29 heavy (non-hydrogen) atoms. The van der Waals surface area contributed by atoms with Gasteiger partial charge >= 0.3 is 5.97 Å². The SMILES string of the molecule is CCOc1ccccc1NC(=O)[C@H](OC(=O)c1ccc(O)cc1)c1ccccc1. The van der Waals surface area contributed by atoms with Crippen LogP contribution >= 0.6 is 0 Å². The highest BCUT2D eigenvalue weighted by molar-refractivity contribution is 5.99. The molecule has 1 atom stereocenters. The van der Waals surface area contributed by atoms with Crippen LogP contribution in [0.15, 0.2) is 78.9 Å². The van der Waals surface area contributed by atoms with Crippen LogP contribution in [0.3, 0.4) is 0 Å². The van der Waals surface area contributed by atoms with Gasteiger partial charge in [0.25, 0.3) is 5.91 Å². The molecule has 0 spiro atoms. The van der Waals surface area contributed by atoms with Crippen molar-refractivity contribution < 1.29 is 24.2 Å². The van der Waals surface area contributed by atoms with E-state index in [9.17, 15) is 14.7 Å². The third-order valence-electron chi connectivity index (χ3n) is 4.11. The van der Waals surface area contributed by atoms with E-state index in [1.54, 1.807) is 48.5 Å². The van der Waals surface area contributed by atoms with Crippen LogP contribution in [0.4, 0.5) is 5.69 Å². The Morgan fingerprint density at radius 1 is 0.931 bits per heavy atom. The number of nitrogens with one attached hydrogen (secondary N) is 1. The van der Waals surface area contributed by atoms with Crippen molar-refractivity contribution >= 4 is 17.6 Å². The van der Waals surface area contributed by atoms with Gasteiger partial charge in [0.15, 0.2) is 0 Å². The van der Waals surface area contributed by atoms with Gasteiger partial charge in [-0.1, -0.05) is 42.5 Å². The summed E-state index contributed by atoms with van der Waals surface area (Å²) in [4.78, 5) is 25.6. The molecule has 0 radical (unpaired) electrons. The van der Waals surface area contributed by atoms with Gasteiger partial charge in [-0.2, -0.15) is 0 Å². The molecule has 0 heterocycles. The fourth-order valence-electron chi connectivity index (χ4n) is 2.72. The third kappa shape index (κ3) is 5.13. The van der Waals surface area contributed by atoms with E-state index in [-0.39, 0.29) is 11.3 Å². The molecule has 0 saturated carbocycles. The lowest BCUT2D eigenvalue weighted by atomic mass is 10.1. The van der Waals surface area contributed by atoms with Crippen LogP contribution in [-0.2, 0) is 9.53 Å². The summed E-state index contributed by atoms with van der Waals surface area (Å²) in [5.74, 6) is -0.617. The molecule has 3 aromatic rings. The molecule has 0 aliphatic heterocycles. The maximum Gasteiger partial charge on any atom is 0.339 e. The highest BCUT2D eigenvalue weighted by Crippen LogP contribution is 2.27. The number of carbonyl (C=O) groups excluding carboxylic acids is 2. The average Bonchev–Trinajstić information content (AvgIpc) is 2.74. The second kappa shape index (κ2) is 9.41. The Morgan fingerprint density at radius 2 is 1.59 bits per heavy atom. The Balaban J connectivity index is 1.85. The minimum atomic E-state index is -1.16. The molecular weight excluding hydrogens is 370 g/mol. The Bertz CT molecular complexity index is 970. The number of para-hydroxylation sites is 2. The first-order chi connectivity index (χ1) is 14.1. The van der Waals surface area contributed by atoms with Crippen LogP contribution in [0, 0.1) is 0 Å². The quantitative estimate of drug-likeness (QED) is 0.586. The van der Waals surface area contributed by atoms with Crippen molar-refractivity contribution in [2.75, 3.05) is 11.9 Å². The number of benzene rings is 3. The van der Waals surface area contributed by atoms with Crippen LogP contribution in [0.1, 0.15) is 28.9 Å². The second-order valence-corrected chi connectivity index (χ2v) is 6.16. The molecule has 3 rings (SSSR count). The van der Waals surface area contributed by atoms with Gasteiger partial charge in [-0.25, -0.2) is 4.79 Å². The van der Waals surface area contributed by atoms with Gasteiger partial charge in [0.05, 0.1) is 17.9 Å². The number of esters is 1. The van der Waals surface area contributed by atoms with Gasteiger partial charge in [0.2, 0.25) is 6.10 Å². The smallest absolute Gasteiger partial charge is 0.339 e. The number of hydrogen-bond donors (Lipinski definition) is 2. The molecule has 148 valence electrons. The first-order valence-corrected chi connectivity index (χ1v) is 9.16. The molecule has 2 N–H and O–H groups in total. The van der Waals surface area contributed by atoms with Crippen LogP contribution in [0.2, 0.25) is 0 Å². The Morgan fingerprint density at radius 3 is 2.28 bits per heavy atom. The summed E-state index contributed by atoms with van der Waals surface area (Å²) in [6, 6.07) is 21.4. The van der Waals surface area contributed by atoms with E-state index in [1.165, 1.54) is 24.3 Å². The number of carbonyl (C=O) groups is 2. The standard InChI is InChI=1S/C23H21NO5/c1-2-28-20-11-7-6-10-19(20)24-22(26)21(16-8-4-3-5-9-16)29-23(27)17-12-14-18(25)15-13-17/h3-15,21,25H,2H2,1H3,(H,24,26)/t21-/m1/s1. The molecule has 0 unspecified atom stereocenters. The highest BCUT2D eigenvalue weighted by Gasteiger charge is 2.26. The van der Waals surface area contributed by atoms with E-state index in [0.717, 1.165) is 0 Å². The van der Waals surface area contributed by atoms with Crippen molar-refractivity contribution in [1.29, 1.82) is 0 Å². The van der Waals surface area contributed by atoms with Gasteiger partial charge < -0.3 is 19.9 Å². The van der Waals surface area contributed by atoms with Crippen molar-refractivity contribution in [3.63, 3.8) is 0 Å². The maximum atomic E-state index is 13.0. The summed E-state index contributed by atoms with van der Waals surface area (Å²) in [5, 5.41) is 12.2. The topological polar surface area (TPSA) is 84.9 Å². The summed E-state index contributed by atoms with van der Waals surface area (Å²) in [7, 11) is 0. The van der Waals surface area contributed by atoms with Crippen LogP contribution in [-0.4, -0.2) is 23.6 Å². The van der Waals surface area contributed by atoms with Gasteiger partial charge in [-0.3, -0.25) is 4.79 Å². The van der Waals surface area contributed by atoms with Crippen molar-refractivity contribution in [2.45, 2.75) is 13.0 Å². The largest absolute Gasteiger partial charge is 0.508 e. The van der Waals surface area contributed by atoms with Crippen molar-refractivity contribution in [3.05, 3.63) is 90.0 Å². The summed E-state index contributed by atoms with van der Waals surface area (Å²) in [6.45, 7) is 2.30. The predicted octanol–water partition coefficient (Wildman–Crippen LogP) is 4.33. The lowest BCUT2D eigenvalue weighted by Crippen LogP contribution is -2.26. The number of amides is 1. The van der Waals surface area contributed by atoms with E-state index in [0.29, 0.717) is 23.6 Å². The second-order valence-electron chi connectivity index (χ2n) is 6.16. The van der Waals surface area contributed by atoms with Gasteiger partial charge in [0, 0.05) is 5.56 Å². The predicted molar refractivity (Wildman–Crippen MR) is 109 cm³/mol. The number of aromatic hydroxyl groups is 1. The van der Waals surface area contributed by atoms with Gasteiger partial charge in [0.1, 0.15) is 11.5 Å². The molecule has 0 aliphatic rings. The normalized spacial score (nSPS) is 11.3. The van der Waals surface area contributed by atoms with E-state index in [1.807, 2.05) is 13.0 Å². The molecule has 0 saturated heterocycles. The Kier molecular flexibility index (Phi) is 6.47. The van der Waals surface area contributed by atoms with Crippen molar-refractivity contribution in [3.8, 4) is 11.5 Å². The highest BCUT2D eigenvalue weighted by atomic mass is 16.5. The van der Waals surface area contributed by atoms with Gasteiger partial charge in [-0.05, 0) is 43.3 Å².